The Bertz CT molecular complexity index is 1190. The van der Waals surface area contributed by atoms with Gasteiger partial charge in [-0.1, -0.05) is 11.6 Å². The van der Waals surface area contributed by atoms with Crippen LogP contribution in [0.1, 0.15) is 53.2 Å². The van der Waals surface area contributed by atoms with Gasteiger partial charge in [0.2, 0.25) is 0 Å². The fourth-order valence-corrected chi connectivity index (χ4v) is 5.44. The standard InChI is InChI=1S/C30H38ClN5O2/c1-21-9-14-32-19-24(21)20-36(25-5-7-27(38-4)8-6-25)26-12-17-35(18-13-26)23(3)11-16-34-30(37)28-22(2)10-15-33-29(28)31/h5-10,14-15,19,23,26H,11-13,16-18,20H2,1-4H3,(H,34,37)/t23-/m1/s1. The zero-order chi connectivity index (χ0) is 27.1. The first kappa shape index (κ1) is 27.9. The average molecular weight is 536 g/mol. The molecule has 202 valence electrons. The number of nitrogens with zero attached hydrogens (tertiary/aromatic N) is 4. The number of aromatic nitrogens is 2. The molecule has 0 radical (unpaired) electrons. The molecule has 0 unspecified atom stereocenters. The number of anilines is 1. The summed E-state index contributed by atoms with van der Waals surface area (Å²) in [5.41, 5.74) is 5.01. The SMILES string of the molecule is COc1ccc(N(Cc2cnccc2C)C2CCN([C@H](C)CCNC(=O)c3c(C)ccnc3Cl)CC2)cc1. The Kier molecular flexibility index (Phi) is 9.58. The first-order chi connectivity index (χ1) is 18.4. The van der Waals surface area contributed by atoms with Gasteiger partial charge in [-0.25, -0.2) is 4.98 Å². The Morgan fingerprint density at radius 3 is 2.50 bits per heavy atom. The number of amides is 1. The second-order valence-electron chi connectivity index (χ2n) is 10.1. The molecule has 1 aliphatic heterocycles. The number of halogens is 1. The summed E-state index contributed by atoms with van der Waals surface area (Å²) in [4.78, 5) is 26.1. The Labute approximate surface area is 231 Å². The van der Waals surface area contributed by atoms with Crippen molar-refractivity contribution in [3.8, 4) is 5.75 Å². The molecular formula is C30H38ClN5O2. The van der Waals surface area contributed by atoms with Crippen molar-refractivity contribution in [2.75, 3.05) is 31.6 Å². The topological polar surface area (TPSA) is 70.6 Å². The highest BCUT2D eigenvalue weighted by Gasteiger charge is 2.28. The number of hydrogen-bond acceptors (Lipinski definition) is 6. The maximum absolute atomic E-state index is 12.6. The fraction of sp³-hybridized carbons (Fsp3) is 0.433. The lowest BCUT2D eigenvalue weighted by molar-refractivity contribution is 0.0944. The van der Waals surface area contributed by atoms with Crippen molar-refractivity contribution in [1.29, 1.82) is 0 Å². The monoisotopic (exact) mass is 535 g/mol. The molecule has 3 aromatic rings. The van der Waals surface area contributed by atoms with Gasteiger partial charge in [-0.3, -0.25) is 9.78 Å². The molecule has 38 heavy (non-hydrogen) atoms. The van der Waals surface area contributed by atoms with E-state index in [0.29, 0.717) is 24.2 Å². The summed E-state index contributed by atoms with van der Waals surface area (Å²) in [5, 5.41) is 3.28. The van der Waals surface area contributed by atoms with Crippen LogP contribution in [0.15, 0.2) is 55.0 Å². The van der Waals surface area contributed by atoms with Crippen molar-refractivity contribution in [2.24, 2.45) is 0 Å². The van der Waals surface area contributed by atoms with Gasteiger partial charge in [0.1, 0.15) is 10.9 Å². The second kappa shape index (κ2) is 13.1. The lowest BCUT2D eigenvalue weighted by atomic mass is 9.99. The third kappa shape index (κ3) is 6.83. The highest BCUT2D eigenvalue weighted by atomic mass is 35.5. The summed E-state index contributed by atoms with van der Waals surface area (Å²) >= 11 is 6.15. The number of ether oxygens (including phenoxy) is 1. The second-order valence-corrected chi connectivity index (χ2v) is 10.4. The summed E-state index contributed by atoms with van der Waals surface area (Å²) in [7, 11) is 1.70. The minimum absolute atomic E-state index is 0.160. The van der Waals surface area contributed by atoms with Crippen LogP contribution in [0.25, 0.3) is 0 Å². The van der Waals surface area contributed by atoms with Crippen LogP contribution >= 0.6 is 11.6 Å². The number of nitrogens with one attached hydrogen (secondary N) is 1. The molecule has 4 rings (SSSR count). The van der Waals surface area contributed by atoms with Gasteiger partial charge < -0.3 is 19.9 Å². The van der Waals surface area contributed by atoms with E-state index >= 15 is 0 Å². The van der Waals surface area contributed by atoms with Crippen molar-refractivity contribution >= 4 is 23.2 Å². The summed E-state index contributed by atoms with van der Waals surface area (Å²) in [6, 6.07) is 13.1. The average Bonchev–Trinajstić information content (AvgIpc) is 2.93. The van der Waals surface area contributed by atoms with Gasteiger partial charge in [-0.05, 0) is 93.1 Å². The van der Waals surface area contributed by atoms with E-state index in [0.717, 1.165) is 50.2 Å². The van der Waals surface area contributed by atoms with Crippen molar-refractivity contribution in [3.63, 3.8) is 0 Å². The van der Waals surface area contributed by atoms with Gasteiger partial charge in [0.15, 0.2) is 0 Å². The number of carbonyl (C=O) groups is 1. The molecule has 1 fully saturated rings. The van der Waals surface area contributed by atoms with Crippen LogP contribution in [0, 0.1) is 13.8 Å². The summed E-state index contributed by atoms with van der Waals surface area (Å²) < 4.78 is 5.38. The molecule has 7 nitrogen and oxygen atoms in total. The van der Waals surface area contributed by atoms with E-state index in [2.05, 4.69) is 57.1 Å². The van der Waals surface area contributed by atoms with Gasteiger partial charge in [-0.15, -0.1) is 0 Å². The molecule has 1 amide bonds. The molecule has 2 aromatic heterocycles. The molecule has 0 bridgehead atoms. The molecular weight excluding hydrogens is 498 g/mol. The molecule has 0 saturated carbocycles. The quantitative estimate of drug-likeness (QED) is 0.349. The van der Waals surface area contributed by atoms with E-state index in [-0.39, 0.29) is 11.1 Å². The third-order valence-corrected chi connectivity index (χ3v) is 7.93. The first-order valence-electron chi connectivity index (χ1n) is 13.3. The van der Waals surface area contributed by atoms with Crippen molar-refractivity contribution < 1.29 is 9.53 Å². The number of methoxy groups -OCH3 is 1. The van der Waals surface area contributed by atoms with Gasteiger partial charge in [-0.2, -0.15) is 0 Å². The Hall–Kier alpha value is -3.16. The highest BCUT2D eigenvalue weighted by molar-refractivity contribution is 6.32. The number of carbonyl (C=O) groups excluding carboxylic acids is 1. The number of aryl methyl sites for hydroxylation is 2. The van der Waals surface area contributed by atoms with Crippen LogP contribution in [0.3, 0.4) is 0 Å². The Morgan fingerprint density at radius 1 is 1.13 bits per heavy atom. The third-order valence-electron chi connectivity index (χ3n) is 7.64. The smallest absolute Gasteiger partial charge is 0.254 e. The van der Waals surface area contributed by atoms with E-state index in [1.54, 1.807) is 19.4 Å². The number of pyridine rings is 2. The molecule has 0 spiro atoms. The molecule has 1 aromatic carbocycles. The van der Waals surface area contributed by atoms with Crippen molar-refractivity contribution in [2.45, 2.75) is 58.7 Å². The summed E-state index contributed by atoms with van der Waals surface area (Å²) in [6.45, 7) is 9.74. The van der Waals surface area contributed by atoms with Crippen LogP contribution in [-0.2, 0) is 6.54 Å². The number of benzene rings is 1. The predicted octanol–water partition coefficient (Wildman–Crippen LogP) is 5.44. The van der Waals surface area contributed by atoms with Gasteiger partial charge in [0.05, 0.1) is 12.7 Å². The van der Waals surface area contributed by atoms with Crippen LogP contribution in [0.4, 0.5) is 5.69 Å². The van der Waals surface area contributed by atoms with Crippen molar-refractivity contribution in [1.82, 2.24) is 20.2 Å². The van der Waals surface area contributed by atoms with E-state index < -0.39 is 0 Å². The summed E-state index contributed by atoms with van der Waals surface area (Å²) in [6.07, 6.45) is 8.49. The van der Waals surface area contributed by atoms with E-state index in [1.807, 2.05) is 31.5 Å². The normalized spacial score (nSPS) is 15.2. The van der Waals surface area contributed by atoms with Crippen molar-refractivity contribution in [3.05, 3.63) is 82.4 Å². The Balaban J connectivity index is 1.34. The molecule has 1 atom stereocenters. The molecule has 1 saturated heterocycles. The van der Waals surface area contributed by atoms with Crippen LogP contribution in [0.5, 0.6) is 5.75 Å². The lowest BCUT2D eigenvalue weighted by Gasteiger charge is -2.42. The highest BCUT2D eigenvalue weighted by Crippen LogP contribution is 2.29. The fourth-order valence-electron chi connectivity index (χ4n) is 5.15. The maximum Gasteiger partial charge on any atom is 0.254 e. The molecule has 8 heteroatoms. The van der Waals surface area contributed by atoms with Crippen LogP contribution < -0.4 is 15.0 Å². The van der Waals surface area contributed by atoms with Gasteiger partial charge >= 0.3 is 0 Å². The predicted molar refractivity (Wildman–Crippen MR) is 153 cm³/mol. The van der Waals surface area contributed by atoms with Gasteiger partial charge in [0, 0.05) is 62.5 Å². The largest absolute Gasteiger partial charge is 0.497 e. The zero-order valence-corrected chi connectivity index (χ0v) is 23.5. The van der Waals surface area contributed by atoms with Crippen LogP contribution in [-0.4, -0.2) is 59.6 Å². The number of hydrogen-bond donors (Lipinski definition) is 1. The van der Waals surface area contributed by atoms with E-state index in [9.17, 15) is 4.79 Å². The minimum atomic E-state index is -0.160. The Morgan fingerprint density at radius 2 is 1.84 bits per heavy atom. The summed E-state index contributed by atoms with van der Waals surface area (Å²) in [5.74, 6) is 0.704. The minimum Gasteiger partial charge on any atom is -0.497 e. The maximum atomic E-state index is 12.6. The first-order valence-corrected chi connectivity index (χ1v) is 13.7. The lowest BCUT2D eigenvalue weighted by Crippen LogP contribution is -2.48. The molecule has 1 aliphatic rings. The van der Waals surface area contributed by atoms with Crippen LogP contribution in [0.2, 0.25) is 5.15 Å². The molecule has 0 aliphatic carbocycles. The van der Waals surface area contributed by atoms with Gasteiger partial charge in [0.25, 0.3) is 5.91 Å². The zero-order valence-electron chi connectivity index (χ0n) is 22.8. The van der Waals surface area contributed by atoms with E-state index in [1.165, 1.54) is 16.8 Å². The molecule has 3 heterocycles. The molecule has 1 N–H and O–H groups in total. The number of rotatable bonds is 10. The van der Waals surface area contributed by atoms with E-state index in [4.69, 9.17) is 16.3 Å². The number of likely N-dealkylation sites (tertiary alicyclic amines) is 1. The number of piperidine rings is 1.